The lowest BCUT2D eigenvalue weighted by atomic mass is 10.0. The number of rotatable bonds is 4. The number of nitrogens with zero attached hydrogens (tertiary/aromatic N) is 5. The molecule has 1 unspecified atom stereocenters. The molecule has 1 atom stereocenters. The van der Waals surface area contributed by atoms with Gasteiger partial charge in [-0.3, -0.25) is 4.68 Å². The molecule has 2 aromatic rings. The molecule has 1 aliphatic rings. The maximum atomic E-state index is 5.36. The van der Waals surface area contributed by atoms with Gasteiger partial charge in [-0.1, -0.05) is 19.0 Å². The summed E-state index contributed by atoms with van der Waals surface area (Å²) in [6.45, 7) is 6.12. The molecule has 0 amide bonds. The smallest absolute Gasteiger partial charge is 0.324 e. The van der Waals surface area contributed by atoms with Crippen molar-refractivity contribution in [3.05, 3.63) is 23.8 Å². The largest absolute Gasteiger partial charge is 0.324 e. The van der Waals surface area contributed by atoms with E-state index in [1.165, 1.54) is 5.56 Å². The number of anilines is 1. The predicted octanol–water partition coefficient (Wildman–Crippen LogP) is 2.00. The first-order valence-electron chi connectivity index (χ1n) is 7.18. The molecule has 20 heavy (non-hydrogen) atoms. The summed E-state index contributed by atoms with van der Waals surface area (Å²) >= 11 is 0. The van der Waals surface area contributed by atoms with Crippen LogP contribution in [-0.4, -0.2) is 33.0 Å². The Hall–Kier alpha value is -1.85. The van der Waals surface area contributed by atoms with E-state index in [0.717, 1.165) is 31.8 Å². The Morgan fingerprint density at radius 2 is 2.30 bits per heavy atom. The second kappa shape index (κ2) is 5.26. The van der Waals surface area contributed by atoms with Crippen LogP contribution in [0.15, 0.2) is 16.9 Å². The molecule has 6 heteroatoms. The molecule has 0 saturated carbocycles. The van der Waals surface area contributed by atoms with Crippen LogP contribution in [0.5, 0.6) is 0 Å². The molecular formula is C14H21N5O. The molecule has 0 N–H and O–H groups in total. The van der Waals surface area contributed by atoms with E-state index in [9.17, 15) is 0 Å². The zero-order valence-corrected chi connectivity index (χ0v) is 12.3. The summed E-state index contributed by atoms with van der Waals surface area (Å²) in [5.74, 6) is 1.73. The summed E-state index contributed by atoms with van der Waals surface area (Å²) in [7, 11) is 1.95. The third kappa shape index (κ3) is 2.69. The lowest BCUT2D eigenvalue weighted by Crippen LogP contribution is -2.20. The van der Waals surface area contributed by atoms with Crippen molar-refractivity contribution in [3.8, 4) is 0 Å². The molecule has 1 aliphatic heterocycles. The van der Waals surface area contributed by atoms with Gasteiger partial charge in [0.25, 0.3) is 0 Å². The van der Waals surface area contributed by atoms with Crippen LogP contribution in [0, 0.1) is 5.92 Å². The van der Waals surface area contributed by atoms with Gasteiger partial charge < -0.3 is 9.42 Å². The Bertz CT molecular complexity index is 574. The van der Waals surface area contributed by atoms with Crippen molar-refractivity contribution in [2.24, 2.45) is 13.0 Å². The quantitative estimate of drug-likeness (QED) is 0.854. The average Bonchev–Trinajstić information content (AvgIpc) is 3.10. The number of aromatic nitrogens is 4. The van der Waals surface area contributed by atoms with Gasteiger partial charge in [0.15, 0.2) is 5.82 Å². The summed E-state index contributed by atoms with van der Waals surface area (Å²) in [5.41, 5.74) is 1.30. The minimum absolute atomic E-state index is 0.307. The standard InChI is InChI=1S/C14H21N5O/c1-10(2)13-16-14(20-17-13)19-5-4-11(9-19)6-12-7-15-18(3)8-12/h7-8,10-11H,4-6,9H2,1-3H3. The average molecular weight is 275 g/mol. The maximum Gasteiger partial charge on any atom is 0.324 e. The molecule has 0 radical (unpaired) electrons. The van der Waals surface area contributed by atoms with E-state index in [2.05, 4.69) is 40.2 Å². The van der Waals surface area contributed by atoms with Gasteiger partial charge in [-0.15, -0.1) is 0 Å². The summed E-state index contributed by atoms with van der Waals surface area (Å²) in [4.78, 5) is 6.66. The molecular weight excluding hydrogens is 254 g/mol. The van der Waals surface area contributed by atoms with Crippen LogP contribution in [0.4, 0.5) is 6.01 Å². The molecule has 1 saturated heterocycles. The van der Waals surface area contributed by atoms with Gasteiger partial charge in [0.1, 0.15) is 0 Å². The molecule has 108 valence electrons. The normalized spacial score (nSPS) is 19.2. The van der Waals surface area contributed by atoms with Gasteiger partial charge >= 0.3 is 6.01 Å². The van der Waals surface area contributed by atoms with Crippen molar-refractivity contribution >= 4 is 6.01 Å². The van der Waals surface area contributed by atoms with Crippen molar-refractivity contribution in [1.29, 1.82) is 0 Å². The first kappa shape index (κ1) is 13.1. The first-order chi connectivity index (χ1) is 9.61. The van der Waals surface area contributed by atoms with Gasteiger partial charge in [0, 0.05) is 32.3 Å². The van der Waals surface area contributed by atoms with E-state index in [0.29, 0.717) is 17.9 Å². The fourth-order valence-corrected chi connectivity index (χ4v) is 2.67. The Balaban J connectivity index is 1.61. The van der Waals surface area contributed by atoms with Crippen LogP contribution < -0.4 is 4.90 Å². The number of aryl methyl sites for hydroxylation is 1. The number of hydrogen-bond acceptors (Lipinski definition) is 5. The number of hydrogen-bond donors (Lipinski definition) is 0. The molecule has 0 spiro atoms. The van der Waals surface area contributed by atoms with Crippen LogP contribution in [0.3, 0.4) is 0 Å². The Labute approximate surface area is 118 Å². The van der Waals surface area contributed by atoms with Crippen LogP contribution in [0.2, 0.25) is 0 Å². The fourth-order valence-electron chi connectivity index (χ4n) is 2.67. The van der Waals surface area contributed by atoms with Crippen molar-refractivity contribution in [3.63, 3.8) is 0 Å². The van der Waals surface area contributed by atoms with Crippen molar-refractivity contribution in [1.82, 2.24) is 19.9 Å². The van der Waals surface area contributed by atoms with Crippen LogP contribution in [0.1, 0.15) is 37.6 Å². The Morgan fingerprint density at radius 1 is 1.45 bits per heavy atom. The highest BCUT2D eigenvalue weighted by Crippen LogP contribution is 2.25. The maximum absolute atomic E-state index is 5.36. The van der Waals surface area contributed by atoms with Gasteiger partial charge in [0.05, 0.1) is 6.20 Å². The molecule has 0 bridgehead atoms. The molecule has 0 aliphatic carbocycles. The lowest BCUT2D eigenvalue weighted by Gasteiger charge is -2.12. The van der Waals surface area contributed by atoms with Crippen LogP contribution in [-0.2, 0) is 13.5 Å². The molecule has 6 nitrogen and oxygen atoms in total. The van der Waals surface area contributed by atoms with E-state index in [-0.39, 0.29) is 0 Å². The van der Waals surface area contributed by atoms with Crippen LogP contribution in [0.25, 0.3) is 0 Å². The lowest BCUT2D eigenvalue weighted by molar-refractivity contribution is 0.407. The monoisotopic (exact) mass is 275 g/mol. The van der Waals surface area contributed by atoms with Gasteiger partial charge in [-0.2, -0.15) is 10.1 Å². The Morgan fingerprint density at radius 3 is 2.95 bits per heavy atom. The van der Waals surface area contributed by atoms with Crippen molar-refractivity contribution < 1.29 is 4.52 Å². The predicted molar refractivity (Wildman–Crippen MR) is 75.6 cm³/mol. The van der Waals surface area contributed by atoms with Crippen LogP contribution >= 0.6 is 0 Å². The third-order valence-electron chi connectivity index (χ3n) is 3.79. The molecule has 0 aromatic carbocycles. The zero-order chi connectivity index (χ0) is 14.1. The van der Waals surface area contributed by atoms with Gasteiger partial charge in [-0.25, -0.2) is 0 Å². The van der Waals surface area contributed by atoms with E-state index < -0.39 is 0 Å². The van der Waals surface area contributed by atoms with E-state index in [1.807, 2.05) is 17.9 Å². The highest BCUT2D eigenvalue weighted by molar-refractivity contribution is 5.28. The van der Waals surface area contributed by atoms with Crippen molar-refractivity contribution in [2.75, 3.05) is 18.0 Å². The highest BCUT2D eigenvalue weighted by atomic mass is 16.5. The van der Waals surface area contributed by atoms with E-state index >= 15 is 0 Å². The third-order valence-corrected chi connectivity index (χ3v) is 3.79. The van der Waals surface area contributed by atoms with Crippen molar-refractivity contribution in [2.45, 2.75) is 32.6 Å². The summed E-state index contributed by atoms with van der Waals surface area (Å²) in [6, 6.07) is 0.669. The van der Waals surface area contributed by atoms with Gasteiger partial charge in [0.2, 0.25) is 0 Å². The summed E-state index contributed by atoms with van der Waals surface area (Å²) in [5, 5.41) is 8.25. The minimum atomic E-state index is 0.307. The molecule has 3 heterocycles. The first-order valence-corrected chi connectivity index (χ1v) is 7.18. The zero-order valence-electron chi connectivity index (χ0n) is 12.3. The molecule has 1 fully saturated rings. The van der Waals surface area contributed by atoms with Gasteiger partial charge in [-0.05, 0) is 24.3 Å². The Kier molecular flexibility index (Phi) is 3.46. The summed E-state index contributed by atoms with van der Waals surface area (Å²) < 4.78 is 7.22. The SMILES string of the molecule is CC(C)c1noc(N2CCC(Cc3cnn(C)c3)C2)n1. The molecule has 2 aromatic heterocycles. The highest BCUT2D eigenvalue weighted by Gasteiger charge is 2.27. The minimum Gasteiger partial charge on any atom is -0.324 e. The molecule has 3 rings (SSSR count). The summed E-state index contributed by atoms with van der Waals surface area (Å²) in [6.07, 6.45) is 6.27. The second-order valence-corrected chi connectivity index (χ2v) is 5.92. The second-order valence-electron chi connectivity index (χ2n) is 5.92. The fraction of sp³-hybridized carbons (Fsp3) is 0.643. The van der Waals surface area contributed by atoms with E-state index in [1.54, 1.807) is 0 Å². The van der Waals surface area contributed by atoms with E-state index in [4.69, 9.17) is 4.52 Å². The topological polar surface area (TPSA) is 60.0 Å².